The van der Waals surface area contributed by atoms with E-state index in [0.717, 1.165) is 19.4 Å². The summed E-state index contributed by atoms with van der Waals surface area (Å²) in [5, 5.41) is 0. The fourth-order valence-corrected chi connectivity index (χ4v) is 3.27. The molecule has 192 valence electrons. The summed E-state index contributed by atoms with van der Waals surface area (Å²) in [6, 6.07) is 0. The highest BCUT2D eigenvalue weighted by atomic mass is 16.6. The SMILES string of the molecule is CCCCCCCCOC(=O)CCCOCCOCCOCCOCC(CC)CCCC. The average Bonchev–Trinajstić information content (AvgIpc) is 2.80. The summed E-state index contributed by atoms with van der Waals surface area (Å²) in [4.78, 5) is 11.6. The van der Waals surface area contributed by atoms with Crippen LogP contribution < -0.4 is 0 Å². The number of hydrogen-bond acceptors (Lipinski definition) is 6. The Morgan fingerprint density at radius 1 is 0.594 bits per heavy atom. The van der Waals surface area contributed by atoms with E-state index < -0.39 is 0 Å². The van der Waals surface area contributed by atoms with Crippen LogP contribution in [0.15, 0.2) is 0 Å². The fourth-order valence-electron chi connectivity index (χ4n) is 3.27. The van der Waals surface area contributed by atoms with Crippen molar-refractivity contribution in [2.45, 2.75) is 97.8 Å². The van der Waals surface area contributed by atoms with Crippen LogP contribution in [0.1, 0.15) is 97.8 Å². The molecule has 0 rings (SSSR count). The first-order chi connectivity index (χ1) is 15.7. The Bertz CT molecular complexity index is 377. The van der Waals surface area contributed by atoms with Crippen molar-refractivity contribution < 1.29 is 28.5 Å². The van der Waals surface area contributed by atoms with Crippen LogP contribution in [0.25, 0.3) is 0 Å². The van der Waals surface area contributed by atoms with Gasteiger partial charge in [0.25, 0.3) is 0 Å². The number of esters is 1. The molecule has 0 radical (unpaired) electrons. The number of unbranched alkanes of at least 4 members (excludes halogenated alkanes) is 6. The molecule has 0 aliphatic heterocycles. The van der Waals surface area contributed by atoms with E-state index >= 15 is 0 Å². The van der Waals surface area contributed by atoms with Crippen molar-refractivity contribution in [1.29, 1.82) is 0 Å². The molecule has 0 N–H and O–H groups in total. The first kappa shape index (κ1) is 31.3. The second-order valence-corrected chi connectivity index (χ2v) is 8.42. The van der Waals surface area contributed by atoms with Gasteiger partial charge in [0.2, 0.25) is 0 Å². The van der Waals surface area contributed by atoms with Gasteiger partial charge >= 0.3 is 5.97 Å². The van der Waals surface area contributed by atoms with E-state index in [-0.39, 0.29) is 5.97 Å². The molecular formula is C26H52O6. The smallest absolute Gasteiger partial charge is 0.305 e. The summed E-state index contributed by atoms with van der Waals surface area (Å²) in [7, 11) is 0. The Kier molecular flexibility index (Phi) is 26.0. The number of carbonyl (C=O) groups is 1. The second kappa shape index (κ2) is 26.6. The van der Waals surface area contributed by atoms with Gasteiger partial charge in [0.15, 0.2) is 0 Å². The molecule has 0 aliphatic carbocycles. The van der Waals surface area contributed by atoms with Crippen LogP contribution in [0.3, 0.4) is 0 Å². The Balaban J connectivity index is 3.22. The maximum Gasteiger partial charge on any atom is 0.305 e. The van der Waals surface area contributed by atoms with E-state index in [9.17, 15) is 4.79 Å². The largest absolute Gasteiger partial charge is 0.466 e. The van der Waals surface area contributed by atoms with E-state index in [0.29, 0.717) is 71.6 Å². The number of carbonyl (C=O) groups excluding carboxylic acids is 1. The minimum atomic E-state index is -0.120. The lowest BCUT2D eigenvalue weighted by molar-refractivity contribution is -0.144. The average molecular weight is 461 g/mol. The molecule has 1 atom stereocenters. The van der Waals surface area contributed by atoms with Crippen molar-refractivity contribution in [1.82, 2.24) is 0 Å². The number of ether oxygens (including phenoxy) is 5. The highest BCUT2D eigenvalue weighted by molar-refractivity contribution is 5.69. The van der Waals surface area contributed by atoms with Crippen molar-refractivity contribution in [2.75, 3.05) is 59.5 Å². The molecule has 0 saturated heterocycles. The highest BCUT2D eigenvalue weighted by Crippen LogP contribution is 2.12. The van der Waals surface area contributed by atoms with Gasteiger partial charge in [-0.25, -0.2) is 0 Å². The molecule has 0 fully saturated rings. The van der Waals surface area contributed by atoms with Gasteiger partial charge in [-0.1, -0.05) is 72.1 Å². The van der Waals surface area contributed by atoms with Crippen LogP contribution >= 0.6 is 0 Å². The van der Waals surface area contributed by atoms with Gasteiger partial charge in [0, 0.05) is 19.6 Å². The van der Waals surface area contributed by atoms with Crippen molar-refractivity contribution in [3.63, 3.8) is 0 Å². The molecule has 0 amide bonds. The summed E-state index contributed by atoms with van der Waals surface area (Å²) in [6.07, 6.45) is 13.3. The van der Waals surface area contributed by atoms with Gasteiger partial charge in [0.05, 0.1) is 46.2 Å². The molecule has 6 nitrogen and oxygen atoms in total. The topological polar surface area (TPSA) is 63.2 Å². The van der Waals surface area contributed by atoms with Crippen molar-refractivity contribution in [2.24, 2.45) is 5.92 Å². The molecule has 0 aliphatic rings. The minimum absolute atomic E-state index is 0.120. The summed E-state index contributed by atoms with van der Waals surface area (Å²) in [5.41, 5.74) is 0. The Morgan fingerprint density at radius 3 is 1.78 bits per heavy atom. The zero-order valence-corrected chi connectivity index (χ0v) is 21.4. The van der Waals surface area contributed by atoms with Crippen LogP contribution in [0, 0.1) is 5.92 Å². The Hall–Kier alpha value is -0.690. The van der Waals surface area contributed by atoms with Crippen molar-refractivity contribution in [3.05, 3.63) is 0 Å². The normalized spacial score (nSPS) is 12.2. The maximum atomic E-state index is 11.6. The van der Waals surface area contributed by atoms with E-state index in [1.807, 2.05) is 0 Å². The number of hydrogen-bond donors (Lipinski definition) is 0. The quantitative estimate of drug-likeness (QED) is 0.117. The molecule has 6 heteroatoms. The molecule has 0 aromatic rings. The summed E-state index contributed by atoms with van der Waals surface area (Å²) < 4.78 is 27.5. The Morgan fingerprint density at radius 2 is 1.16 bits per heavy atom. The zero-order valence-electron chi connectivity index (χ0n) is 21.4. The lowest BCUT2D eigenvalue weighted by Gasteiger charge is -2.14. The molecule has 0 aromatic carbocycles. The second-order valence-electron chi connectivity index (χ2n) is 8.42. The van der Waals surface area contributed by atoms with Crippen LogP contribution in [-0.4, -0.2) is 65.4 Å². The van der Waals surface area contributed by atoms with Gasteiger partial charge < -0.3 is 23.7 Å². The van der Waals surface area contributed by atoms with Crippen molar-refractivity contribution >= 4 is 5.97 Å². The van der Waals surface area contributed by atoms with E-state index in [4.69, 9.17) is 23.7 Å². The van der Waals surface area contributed by atoms with E-state index in [1.54, 1.807) is 0 Å². The molecule has 0 spiro atoms. The molecule has 0 saturated carbocycles. The third-order valence-electron chi connectivity index (χ3n) is 5.44. The standard InChI is InChI=1S/C26H52O6/c1-4-7-9-10-11-12-17-32-26(27)15-13-16-28-18-19-29-20-21-30-22-23-31-24-25(6-3)14-8-5-2/h25H,4-24H2,1-3H3. The van der Waals surface area contributed by atoms with Crippen LogP contribution in [0.4, 0.5) is 0 Å². The van der Waals surface area contributed by atoms with Crippen molar-refractivity contribution in [3.8, 4) is 0 Å². The Labute approximate surface area is 198 Å². The van der Waals surface area contributed by atoms with E-state index in [2.05, 4.69) is 20.8 Å². The van der Waals surface area contributed by atoms with Gasteiger partial charge in [-0.3, -0.25) is 4.79 Å². The van der Waals surface area contributed by atoms with Crippen LogP contribution in [0.2, 0.25) is 0 Å². The molecule has 0 aromatic heterocycles. The third kappa shape index (κ3) is 24.0. The molecule has 1 unspecified atom stereocenters. The molecular weight excluding hydrogens is 408 g/mol. The lowest BCUT2D eigenvalue weighted by Crippen LogP contribution is -2.14. The minimum Gasteiger partial charge on any atom is -0.466 e. The third-order valence-corrected chi connectivity index (χ3v) is 5.44. The summed E-state index contributed by atoms with van der Waals surface area (Å²) in [6.45, 7) is 12.1. The first-order valence-corrected chi connectivity index (χ1v) is 13.2. The van der Waals surface area contributed by atoms with Crippen LogP contribution in [0.5, 0.6) is 0 Å². The predicted molar refractivity (Wildman–Crippen MR) is 130 cm³/mol. The summed E-state index contributed by atoms with van der Waals surface area (Å²) >= 11 is 0. The highest BCUT2D eigenvalue weighted by Gasteiger charge is 2.05. The lowest BCUT2D eigenvalue weighted by atomic mass is 10.0. The van der Waals surface area contributed by atoms with Gasteiger partial charge in [-0.05, 0) is 25.2 Å². The van der Waals surface area contributed by atoms with Gasteiger partial charge in [0.1, 0.15) is 0 Å². The van der Waals surface area contributed by atoms with E-state index in [1.165, 1.54) is 51.4 Å². The zero-order chi connectivity index (χ0) is 23.5. The van der Waals surface area contributed by atoms with Gasteiger partial charge in [-0.15, -0.1) is 0 Å². The molecule has 32 heavy (non-hydrogen) atoms. The fraction of sp³-hybridized carbons (Fsp3) is 0.962. The first-order valence-electron chi connectivity index (χ1n) is 13.2. The molecule has 0 bridgehead atoms. The predicted octanol–water partition coefficient (Wildman–Crippen LogP) is 5.95. The monoisotopic (exact) mass is 460 g/mol. The molecule has 0 heterocycles. The van der Waals surface area contributed by atoms with Gasteiger partial charge in [-0.2, -0.15) is 0 Å². The number of rotatable bonds is 26. The summed E-state index contributed by atoms with van der Waals surface area (Å²) in [5.74, 6) is 0.555. The maximum absolute atomic E-state index is 11.6. The van der Waals surface area contributed by atoms with Crippen LogP contribution in [-0.2, 0) is 28.5 Å².